The van der Waals surface area contributed by atoms with Crippen molar-refractivity contribution < 1.29 is 9.67 Å². The summed E-state index contributed by atoms with van der Waals surface area (Å²) < 4.78 is 1.50. The zero-order valence-corrected chi connectivity index (χ0v) is 5.53. The number of nitriles is 1. The van der Waals surface area contributed by atoms with Crippen LogP contribution in [0.2, 0.25) is 0 Å². The van der Waals surface area contributed by atoms with E-state index in [1.165, 1.54) is 10.6 Å². The Morgan fingerprint density at radius 3 is 2.80 bits per heavy atom. The lowest BCUT2D eigenvalue weighted by Crippen LogP contribution is -2.32. The Kier molecular flexibility index (Phi) is 1.55. The predicted octanol–water partition coefficient (Wildman–Crippen LogP) is -0.544. The number of hydrogen-bond donors (Lipinski definition) is 0. The van der Waals surface area contributed by atoms with E-state index >= 15 is 0 Å². The molecule has 0 atom stereocenters. The molecule has 0 N–H and O–H groups in total. The summed E-state index contributed by atoms with van der Waals surface area (Å²) in [5.74, 6) is -0.229. The number of nitrogens with zero attached hydrogens (tertiary/aromatic N) is 2. The molecule has 0 saturated heterocycles. The van der Waals surface area contributed by atoms with Gasteiger partial charge in [-0.1, -0.05) is 6.07 Å². The van der Waals surface area contributed by atoms with Gasteiger partial charge in [-0.2, -0.15) is 9.83 Å². The molecule has 0 aliphatic heterocycles. The van der Waals surface area contributed by atoms with Crippen molar-refractivity contribution in [3.05, 3.63) is 24.0 Å². The van der Waals surface area contributed by atoms with E-state index in [1.54, 1.807) is 19.3 Å². The maximum Gasteiger partial charge on any atom is 0.275 e. The monoisotopic (exact) mass is 134 g/mol. The van der Waals surface area contributed by atoms with E-state index in [4.69, 9.17) is 5.26 Å². The summed E-state index contributed by atoms with van der Waals surface area (Å²) in [5.41, 5.74) is 0.169. The third-order valence-corrected chi connectivity index (χ3v) is 1.25. The highest BCUT2D eigenvalue weighted by molar-refractivity contribution is 5.29. The molecule has 0 bridgehead atoms. The first-order valence-corrected chi connectivity index (χ1v) is 2.81. The maximum atomic E-state index is 10.8. The molecule has 50 valence electrons. The molecule has 0 fully saturated rings. The molecule has 3 nitrogen and oxygen atoms in total. The van der Waals surface area contributed by atoms with Crippen LogP contribution in [0.3, 0.4) is 0 Å². The molecule has 0 spiro atoms. The van der Waals surface area contributed by atoms with Gasteiger partial charge in [-0.05, 0) is 5.75 Å². The second-order valence-corrected chi connectivity index (χ2v) is 1.94. The minimum absolute atomic E-state index is 0.169. The summed E-state index contributed by atoms with van der Waals surface area (Å²) in [6, 6.07) is 4.80. The molecule has 0 unspecified atom stereocenters. The molecule has 0 radical (unpaired) electrons. The number of hydrogen-bond acceptors (Lipinski definition) is 2. The normalized spacial score (nSPS) is 8.80. The molecule has 0 aromatic carbocycles. The summed E-state index contributed by atoms with van der Waals surface area (Å²) in [5, 5.41) is 19.3. The Morgan fingerprint density at radius 2 is 2.40 bits per heavy atom. The van der Waals surface area contributed by atoms with Crippen molar-refractivity contribution in [1.29, 1.82) is 5.26 Å². The van der Waals surface area contributed by atoms with E-state index in [0.717, 1.165) is 0 Å². The molecule has 1 aromatic heterocycles. The SMILES string of the molecule is C[n+]1cccc([O-])c1C#N. The Labute approximate surface area is 58.8 Å². The van der Waals surface area contributed by atoms with Crippen molar-refractivity contribution in [2.24, 2.45) is 7.05 Å². The second-order valence-electron chi connectivity index (χ2n) is 1.94. The van der Waals surface area contributed by atoms with Crippen LogP contribution >= 0.6 is 0 Å². The van der Waals surface area contributed by atoms with Gasteiger partial charge in [0, 0.05) is 6.07 Å². The van der Waals surface area contributed by atoms with Crippen LogP contribution in [0.25, 0.3) is 0 Å². The van der Waals surface area contributed by atoms with E-state index in [2.05, 4.69) is 0 Å². The van der Waals surface area contributed by atoms with E-state index in [1.807, 2.05) is 6.07 Å². The molecule has 1 rings (SSSR count). The van der Waals surface area contributed by atoms with Crippen molar-refractivity contribution in [2.45, 2.75) is 0 Å². The fraction of sp³-hybridized carbons (Fsp3) is 0.143. The fourth-order valence-electron chi connectivity index (χ4n) is 0.721. The topological polar surface area (TPSA) is 50.7 Å². The summed E-state index contributed by atoms with van der Waals surface area (Å²) in [6.07, 6.45) is 1.67. The maximum absolute atomic E-state index is 10.8. The highest BCUT2D eigenvalue weighted by Gasteiger charge is 2.02. The number of pyridine rings is 1. The van der Waals surface area contributed by atoms with Crippen LogP contribution in [0, 0.1) is 11.3 Å². The van der Waals surface area contributed by atoms with Gasteiger partial charge in [-0.15, -0.1) is 0 Å². The zero-order chi connectivity index (χ0) is 7.56. The average Bonchev–Trinajstić information content (AvgIpc) is 1.88. The molecular formula is C7H6N2O. The molecule has 0 amide bonds. The van der Waals surface area contributed by atoms with Gasteiger partial charge >= 0.3 is 0 Å². The van der Waals surface area contributed by atoms with E-state index in [-0.39, 0.29) is 11.4 Å². The highest BCUT2D eigenvalue weighted by atomic mass is 16.3. The Hall–Kier alpha value is -1.56. The Morgan fingerprint density at radius 1 is 1.70 bits per heavy atom. The molecular weight excluding hydrogens is 128 g/mol. The molecule has 1 heterocycles. The van der Waals surface area contributed by atoms with Crippen LogP contribution in [0.4, 0.5) is 0 Å². The predicted molar refractivity (Wildman–Crippen MR) is 31.8 cm³/mol. The van der Waals surface area contributed by atoms with Crippen LogP contribution in [0.5, 0.6) is 5.75 Å². The lowest BCUT2D eigenvalue weighted by molar-refractivity contribution is -0.676. The highest BCUT2D eigenvalue weighted by Crippen LogP contribution is 2.03. The van der Waals surface area contributed by atoms with Crippen molar-refractivity contribution in [1.82, 2.24) is 0 Å². The summed E-state index contributed by atoms with van der Waals surface area (Å²) in [7, 11) is 1.67. The quantitative estimate of drug-likeness (QED) is 0.447. The van der Waals surface area contributed by atoms with Gasteiger partial charge < -0.3 is 5.11 Å². The van der Waals surface area contributed by atoms with Crippen molar-refractivity contribution >= 4 is 0 Å². The standard InChI is InChI=1S/C7H6N2O/c1-9-4-2-3-7(10)6(9)5-8/h2-4H,1H3. The van der Waals surface area contributed by atoms with Crippen molar-refractivity contribution in [3.8, 4) is 11.8 Å². The Bertz CT molecular complexity index is 268. The van der Waals surface area contributed by atoms with Crippen LogP contribution in [0.15, 0.2) is 18.3 Å². The number of aromatic nitrogens is 1. The second kappa shape index (κ2) is 2.36. The van der Waals surface area contributed by atoms with Gasteiger partial charge in [0.15, 0.2) is 12.3 Å². The van der Waals surface area contributed by atoms with Gasteiger partial charge in [-0.25, -0.2) is 0 Å². The average molecular weight is 134 g/mol. The third-order valence-electron chi connectivity index (χ3n) is 1.25. The minimum atomic E-state index is -0.229. The van der Waals surface area contributed by atoms with Gasteiger partial charge in [0.05, 0.1) is 0 Å². The lowest BCUT2D eigenvalue weighted by atomic mass is 10.3. The van der Waals surface area contributed by atoms with Gasteiger partial charge in [0.2, 0.25) is 0 Å². The first kappa shape index (κ1) is 6.56. The van der Waals surface area contributed by atoms with Gasteiger partial charge in [-0.3, -0.25) is 0 Å². The summed E-state index contributed by atoms with van der Waals surface area (Å²) >= 11 is 0. The summed E-state index contributed by atoms with van der Waals surface area (Å²) in [4.78, 5) is 0. The molecule has 10 heavy (non-hydrogen) atoms. The van der Waals surface area contributed by atoms with E-state index in [0.29, 0.717) is 0 Å². The van der Waals surface area contributed by atoms with Crippen LogP contribution in [-0.2, 0) is 7.05 Å². The molecule has 3 heteroatoms. The Balaban J connectivity index is 3.34. The van der Waals surface area contributed by atoms with Crippen LogP contribution < -0.4 is 9.67 Å². The number of aryl methyl sites for hydroxylation is 1. The first-order chi connectivity index (χ1) is 4.75. The smallest absolute Gasteiger partial charge is 0.275 e. The summed E-state index contributed by atoms with van der Waals surface area (Å²) in [6.45, 7) is 0. The zero-order valence-electron chi connectivity index (χ0n) is 5.53. The van der Waals surface area contributed by atoms with Crippen LogP contribution in [0.1, 0.15) is 5.69 Å². The van der Waals surface area contributed by atoms with Crippen molar-refractivity contribution in [2.75, 3.05) is 0 Å². The van der Waals surface area contributed by atoms with Gasteiger partial charge in [0.25, 0.3) is 5.69 Å². The van der Waals surface area contributed by atoms with Gasteiger partial charge in [0.1, 0.15) is 7.05 Å². The first-order valence-electron chi connectivity index (χ1n) is 2.81. The molecule has 0 saturated carbocycles. The van der Waals surface area contributed by atoms with E-state index in [9.17, 15) is 5.11 Å². The third kappa shape index (κ3) is 0.914. The van der Waals surface area contributed by atoms with Crippen molar-refractivity contribution in [3.63, 3.8) is 0 Å². The molecule has 0 aliphatic rings. The fourth-order valence-corrected chi connectivity index (χ4v) is 0.721. The number of rotatable bonds is 0. The minimum Gasteiger partial charge on any atom is -0.867 e. The largest absolute Gasteiger partial charge is 0.867 e. The van der Waals surface area contributed by atoms with E-state index < -0.39 is 0 Å². The molecule has 0 aliphatic carbocycles. The lowest BCUT2D eigenvalue weighted by Gasteiger charge is -2.01. The molecule has 1 aromatic rings. The van der Waals surface area contributed by atoms with Crippen LogP contribution in [-0.4, -0.2) is 0 Å².